The number of aromatic nitrogens is 1. The third-order valence-electron chi connectivity index (χ3n) is 7.14. The van der Waals surface area contributed by atoms with Gasteiger partial charge in [0.05, 0.1) is 32.8 Å². The van der Waals surface area contributed by atoms with Crippen molar-refractivity contribution in [2.24, 2.45) is 5.92 Å². The molecule has 1 saturated carbocycles. The van der Waals surface area contributed by atoms with Gasteiger partial charge in [-0.3, -0.25) is 4.79 Å². The number of fused-ring (bicyclic) bond motifs is 4. The van der Waals surface area contributed by atoms with E-state index < -0.39 is 34.8 Å². The third kappa shape index (κ3) is 2.98. The lowest BCUT2D eigenvalue weighted by Gasteiger charge is -2.49. The molecule has 5 rings (SSSR count). The van der Waals surface area contributed by atoms with Crippen LogP contribution in [-0.4, -0.2) is 53.4 Å². The van der Waals surface area contributed by atoms with E-state index in [-0.39, 0.29) is 23.1 Å². The Morgan fingerprint density at radius 3 is 2.25 bits per heavy atom. The monoisotopic (exact) mass is 557 g/mol. The van der Waals surface area contributed by atoms with E-state index in [0.29, 0.717) is 11.1 Å². The van der Waals surface area contributed by atoms with Gasteiger partial charge < -0.3 is 34.3 Å². The van der Waals surface area contributed by atoms with Crippen molar-refractivity contribution in [1.82, 2.24) is 4.98 Å². The number of hydrogen-bond acceptors (Lipinski definition) is 9. The molecule has 1 aliphatic heterocycles. The maximum Gasteiger partial charge on any atom is 0.312 e. The fourth-order valence-electron chi connectivity index (χ4n) is 5.65. The van der Waals surface area contributed by atoms with Gasteiger partial charge in [0.25, 0.3) is 0 Å². The zero-order valence-corrected chi connectivity index (χ0v) is 21.2. The minimum Gasteiger partial charge on any atom is -0.481 e. The molecule has 1 aromatic heterocycles. The molecule has 0 saturated heterocycles. The molecular formula is C26H24BrNO8. The number of hydrogen-bond donors (Lipinski definition) is 3. The molecule has 4 atom stereocenters. The van der Waals surface area contributed by atoms with Crippen molar-refractivity contribution >= 4 is 21.9 Å². The van der Waals surface area contributed by atoms with Crippen LogP contribution in [0.1, 0.15) is 22.6 Å². The quantitative estimate of drug-likeness (QED) is 0.320. The summed E-state index contributed by atoms with van der Waals surface area (Å²) in [6, 6.07) is 16.9. The predicted molar refractivity (Wildman–Crippen MR) is 130 cm³/mol. The van der Waals surface area contributed by atoms with Gasteiger partial charge in [-0.2, -0.15) is 4.98 Å². The Hall–Kier alpha value is -3.18. The summed E-state index contributed by atoms with van der Waals surface area (Å²) in [5.41, 5.74) is -4.09. The van der Waals surface area contributed by atoms with E-state index in [9.17, 15) is 20.1 Å². The smallest absolute Gasteiger partial charge is 0.312 e. The lowest BCUT2D eigenvalue weighted by Crippen LogP contribution is -2.65. The lowest BCUT2D eigenvalue weighted by molar-refractivity contribution is -0.341. The maximum atomic E-state index is 13.4. The summed E-state index contributed by atoms with van der Waals surface area (Å²) < 4.78 is 23.1. The highest BCUT2D eigenvalue weighted by atomic mass is 79.9. The number of ether oxygens (including phenoxy) is 4. The summed E-state index contributed by atoms with van der Waals surface area (Å²) >= 11 is 3.40. The summed E-state index contributed by atoms with van der Waals surface area (Å²) in [5.74, 6) is -6.63. The fraction of sp³-hybridized carbons (Fsp3) is 0.308. The molecule has 0 amide bonds. The molecule has 3 N–H and O–H groups in total. The number of esters is 1. The van der Waals surface area contributed by atoms with E-state index in [1.807, 2.05) is 0 Å². The summed E-state index contributed by atoms with van der Waals surface area (Å²) in [4.78, 5) is 17.7. The van der Waals surface area contributed by atoms with E-state index in [1.165, 1.54) is 27.4 Å². The summed E-state index contributed by atoms with van der Waals surface area (Å²) in [6.45, 7) is 0. The first kappa shape index (κ1) is 24.5. The van der Waals surface area contributed by atoms with Crippen molar-refractivity contribution in [2.75, 3.05) is 21.3 Å². The van der Waals surface area contributed by atoms with Crippen LogP contribution in [0.15, 0.2) is 65.1 Å². The Balaban J connectivity index is 1.95. The second-order valence-electron chi connectivity index (χ2n) is 8.72. The van der Waals surface area contributed by atoms with E-state index in [1.54, 1.807) is 54.6 Å². The lowest BCUT2D eigenvalue weighted by atomic mass is 9.74. The fourth-order valence-corrected chi connectivity index (χ4v) is 5.91. The second-order valence-corrected chi connectivity index (χ2v) is 9.64. The van der Waals surface area contributed by atoms with Gasteiger partial charge in [-0.05, 0) is 17.7 Å². The predicted octanol–water partition coefficient (Wildman–Crippen LogP) is 2.60. The number of benzene rings is 2. The summed E-state index contributed by atoms with van der Waals surface area (Å²) in [6.07, 6.45) is 0. The van der Waals surface area contributed by atoms with Crippen LogP contribution in [0.2, 0.25) is 0 Å². The molecule has 1 aliphatic carbocycles. The minimum atomic E-state index is -3.05. The van der Waals surface area contributed by atoms with Gasteiger partial charge in [0, 0.05) is 16.1 Å². The van der Waals surface area contributed by atoms with Crippen LogP contribution in [0.4, 0.5) is 0 Å². The van der Waals surface area contributed by atoms with E-state index in [4.69, 9.17) is 18.9 Å². The number of nitrogens with zero attached hydrogens (tertiary/aromatic N) is 1. The van der Waals surface area contributed by atoms with Crippen molar-refractivity contribution in [3.05, 3.63) is 81.8 Å². The summed E-state index contributed by atoms with van der Waals surface area (Å²) in [7, 11) is 3.87. The standard InChI is InChI=1S/C26H24BrNO8/c1-33-18-13-17-20(22(28-18)34-2)24(30)21(23(29)35-3)19(14-7-5-4-6-8-14)25(36-17,26(24,31)32)15-9-11-16(27)12-10-15/h4-13,19,21,30-32H,1-3H3/t19-,21-,24+,25?/m1/s1. The van der Waals surface area contributed by atoms with Crippen molar-refractivity contribution < 1.29 is 39.1 Å². The van der Waals surface area contributed by atoms with Gasteiger partial charge in [0.1, 0.15) is 11.7 Å². The van der Waals surface area contributed by atoms with Crippen molar-refractivity contribution in [3.8, 4) is 17.5 Å². The molecule has 2 aliphatic rings. The van der Waals surface area contributed by atoms with Gasteiger partial charge in [-0.1, -0.05) is 58.4 Å². The second kappa shape index (κ2) is 8.45. The zero-order valence-electron chi connectivity index (χ0n) is 19.6. The van der Waals surface area contributed by atoms with Crippen LogP contribution in [0.25, 0.3) is 0 Å². The highest BCUT2D eigenvalue weighted by Crippen LogP contribution is 2.71. The minimum absolute atomic E-state index is 0.0233. The van der Waals surface area contributed by atoms with Crippen LogP contribution in [0.5, 0.6) is 17.5 Å². The largest absolute Gasteiger partial charge is 0.481 e. The molecule has 36 heavy (non-hydrogen) atoms. The average Bonchev–Trinajstić information content (AvgIpc) is 2.97. The van der Waals surface area contributed by atoms with Crippen LogP contribution in [-0.2, 0) is 20.7 Å². The number of aliphatic hydroxyl groups is 3. The molecular weight excluding hydrogens is 534 g/mol. The van der Waals surface area contributed by atoms with Crippen LogP contribution >= 0.6 is 15.9 Å². The molecule has 2 aromatic carbocycles. The number of carbonyl (C=O) groups is 1. The average molecular weight is 558 g/mol. The number of carbonyl (C=O) groups excluding carboxylic acids is 1. The molecule has 3 aromatic rings. The molecule has 0 radical (unpaired) electrons. The highest BCUT2D eigenvalue weighted by molar-refractivity contribution is 9.10. The van der Waals surface area contributed by atoms with Gasteiger partial charge in [-0.25, -0.2) is 0 Å². The highest BCUT2D eigenvalue weighted by Gasteiger charge is 2.84. The molecule has 2 heterocycles. The molecule has 1 unspecified atom stereocenters. The van der Waals surface area contributed by atoms with E-state index in [0.717, 1.165) is 4.47 Å². The van der Waals surface area contributed by atoms with Crippen LogP contribution in [0.3, 0.4) is 0 Å². The molecule has 2 bridgehead atoms. The maximum absolute atomic E-state index is 13.4. The molecule has 188 valence electrons. The first-order chi connectivity index (χ1) is 17.2. The number of pyridine rings is 1. The third-order valence-corrected chi connectivity index (χ3v) is 7.67. The van der Waals surface area contributed by atoms with Gasteiger partial charge in [-0.15, -0.1) is 0 Å². The van der Waals surface area contributed by atoms with Crippen molar-refractivity contribution in [2.45, 2.75) is 22.9 Å². The van der Waals surface area contributed by atoms with E-state index in [2.05, 4.69) is 20.9 Å². The Labute approximate surface area is 215 Å². The zero-order chi connectivity index (χ0) is 25.9. The van der Waals surface area contributed by atoms with Gasteiger partial charge >= 0.3 is 5.97 Å². The normalized spacial score (nSPS) is 27.5. The first-order valence-electron chi connectivity index (χ1n) is 11.1. The summed E-state index contributed by atoms with van der Waals surface area (Å²) in [5, 5.41) is 36.4. The number of halogens is 1. The van der Waals surface area contributed by atoms with Crippen LogP contribution in [0, 0.1) is 5.92 Å². The van der Waals surface area contributed by atoms with Gasteiger partial charge in [0.2, 0.25) is 17.5 Å². The Kier molecular flexibility index (Phi) is 5.75. The first-order valence-corrected chi connectivity index (χ1v) is 11.8. The molecule has 9 nitrogen and oxygen atoms in total. The SMILES string of the molecule is COC(=O)[C@H]1[C@@H](c2ccccc2)C2(c3ccc(Br)cc3)Oc3cc(OC)nc(OC)c3[C@@]1(O)C2(O)O. The molecule has 0 spiro atoms. The molecule has 1 fully saturated rings. The Morgan fingerprint density at radius 2 is 1.67 bits per heavy atom. The Morgan fingerprint density at radius 1 is 1.00 bits per heavy atom. The van der Waals surface area contributed by atoms with Crippen molar-refractivity contribution in [3.63, 3.8) is 0 Å². The van der Waals surface area contributed by atoms with Crippen molar-refractivity contribution in [1.29, 1.82) is 0 Å². The Bertz CT molecular complexity index is 1320. The molecule has 10 heteroatoms. The number of rotatable bonds is 5. The van der Waals surface area contributed by atoms with Gasteiger partial charge in [0.15, 0.2) is 11.2 Å². The van der Waals surface area contributed by atoms with Crippen LogP contribution < -0.4 is 14.2 Å². The number of methoxy groups -OCH3 is 3. The van der Waals surface area contributed by atoms with E-state index >= 15 is 0 Å². The topological polar surface area (TPSA) is 128 Å².